The topological polar surface area (TPSA) is 79.6 Å². The minimum atomic E-state index is 0.373. The van der Waals surface area contributed by atoms with Crippen LogP contribution in [0.15, 0.2) is 99.3 Å². The number of nitrogens with zero attached hydrogens (tertiary/aromatic N) is 3. The van der Waals surface area contributed by atoms with Crippen LogP contribution in [0.3, 0.4) is 0 Å². The standard InChI is InChI=1S/C35H37N5O2/c1-5-38-35(33-22(2)8-10-27-16-26-7-6-12-36-19-28(26)20-41-34(27)33)40-31-13-24(4)32(14-23(31)3)42-30-11-9-25-15-29(17-30)39-21-37-18-25/h5,7-11,13-15,17,21,28,36H,1,6,12,16,18-20H2,2-4H3,(H,38,40)/t28-/m0/s1. The van der Waals surface area contributed by atoms with Crippen LogP contribution in [-0.2, 0) is 6.42 Å². The highest BCUT2D eigenvalue weighted by molar-refractivity contribution is 6.12. The molecule has 7 nitrogen and oxygen atoms in total. The summed E-state index contributed by atoms with van der Waals surface area (Å²) in [4.78, 5) is 13.4. The highest BCUT2D eigenvalue weighted by Gasteiger charge is 2.27. The van der Waals surface area contributed by atoms with Crippen LogP contribution in [-0.4, -0.2) is 44.1 Å². The predicted molar refractivity (Wildman–Crippen MR) is 172 cm³/mol. The molecule has 6 rings (SSSR count). The van der Waals surface area contributed by atoms with Gasteiger partial charge in [-0.3, -0.25) is 4.99 Å². The van der Waals surface area contributed by atoms with Crippen LogP contribution < -0.4 is 20.1 Å². The number of ether oxygens (including phenoxy) is 2. The zero-order valence-corrected chi connectivity index (χ0v) is 24.5. The first kappa shape index (κ1) is 27.7. The number of nitrogens with one attached hydrogen (secondary N) is 2. The lowest BCUT2D eigenvalue weighted by molar-refractivity contribution is 0.272. The lowest BCUT2D eigenvalue weighted by Crippen LogP contribution is -2.26. The van der Waals surface area contributed by atoms with Gasteiger partial charge in [0.05, 0.1) is 24.4 Å². The molecule has 3 aliphatic heterocycles. The quantitative estimate of drug-likeness (QED) is 0.255. The number of aliphatic imine (C=N–C) groups is 3. The highest BCUT2D eigenvalue weighted by Crippen LogP contribution is 2.36. The molecule has 0 amide bonds. The third-order valence-corrected chi connectivity index (χ3v) is 8.02. The Bertz CT molecular complexity index is 1640. The van der Waals surface area contributed by atoms with Gasteiger partial charge in [0.1, 0.15) is 29.4 Å². The van der Waals surface area contributed by atoms with E-state index in [0.29, 0.717) is 19.1 Å². The van der Waals surface area contributed by atoms with E-state index in [2.05, 4.69) is 78.3 Å². The molecule has 1 atom stereocenters. The second-order valence-electron chi connectivity index (χ2n) is 11.1. The van der Waals surface area contributed by atoms with Crippen molar-refractivity contribution < 1.29 is 9.47 Å². The van der Waals surface area contributed by atoms with E-state index in [9.17, 15) is 0 Å². The lowest BCUT2D eigenvalue weighted by atomic mass is 9.92. The van der Waals surface area contributed by atoms with Crippen LogP contribution in [0.1, 0.15) is 34.2 Å². The summed E-state index contributed by atoms with van der Waals surface area (Å²) in [5, 5.41) is 7.16. The van der Waals surface area contributed by atoms with Gasteiger partial charge >= 0.3 is 0 Å². The summed E-state index contributed by atoms with van der Waals surface area (Å²) in [5.74, 6) is 3.51. The van der Waals surface area contributed by atoms with Crippen molar-refractivity contribution in [3.8, 4) is 11.5 Å². The molecule has 4 aliphatic rings. The van der Waals surface area contributed by atoms with Crippen molar-refractivity contribution in [1.29, 1.82) is 0 Å². The van der Waals surface area contributed by atoms with E-state index in [1.807, 2.05) is 24.3 Å². The Hall–Kier alpha value is -4.49. The number of allylic oxidation sites excluding steroid dienone is 3. The number of anilines is 1. The Kier molecular flexibility index (Phi) is 8.02. The number of benzene rings is 2. The molecule has 2 aromatic carbocycles. The molecule has 2 N–H and O–H groups in total. The number of rotatable bonds is 5. The SMILES string of the molecule is C=CN=C(Nc1cc(C)c(OC2=CC3=NC=NCC(=C3)C=C2)cc1C)c1c(C)ccc2c1OC[C@@H]1CNCCC=C1C2. The van der Waals surface area contributed by atoms with Crippen molar-refractivity contribution in [2.24, 2.45) is 20.9 Å². The van der Waals surface area contributed by atoms with Crippen molar-refractivity contribution >= 4 is 23.6 Å². The van der Waals surface area contributed by atoms with Gasteiger partial charge in [0.2, 0.25) is 0 Å². The third kappa shape index (κ3) is 5.92. The van der Waals surface area contributed by atoms with Gasteiger partial charge in [0.15, 0.2) is 0 Å². The number of fused-ring (bicyclic) bond motifs is 3. The van der Waals surface area contributed by atoms with Gasteiger partial charge in [-0.1, -0.05) is 36.4 Å². The second kappa shape index (κ2) is 12.2. The van der Waals surface area contributed by atoms with Crippen molar-refractivity contribution in [3.05, 3.63) is 112 Å². The molecular formula is C35H37N5O2. The molecule has 7 heteroatoms. The number of hydrogen-bond acceptors (Lipinski definition) is 6. The Labute approximate surface area is 247 Å². The van der Waals surface area contributed by atoms with Crippen LogP contribution in [0.25, 0.3) is 0 Å². The van der Waals surface area contributed by atoms with Gasteiger partial charge in [0, 0.05) is 30.4 Å². The summed E-state index contributed by atoms with van der Waals surface area (Å²) < 4.78 is 12.9. The largest absolute Gasteiger partial charge is 0.492 e. The van der Waals surface area contributed by atoms with Crippen molar-refractivity contribution in [1.82, 2.24) is 5.32 Å². The zero-order valence-electron chi connectivity index (χ0n) is 24.5. The summed E-state index contributed by atoms with van der Waals surface area (Å²) in [5.41, 5.74) is 9.63. The predicted octanol–water partition coefficient (Wildman–Crippen LogP) is 6.33. The summed E-state index contributed by atoms with van der Waals surface area (Å²) in [6.45, 7) is 13.4. The Balaban J connectivity index is 1.29. The van der Waals surface area contributed by atoms with Crippen LogP contribution in [0, 0.1) is 26.7 Å². The molecule has 2 bridgehead atoms. The molecule has 42 heavy (non-hydrogen) atoms. The molecule has 0 radical (unpaired) electrons. The van der Waals surface area contributed by atoms with E-state index < -0.39 is 0 Å². The van der Waals surface area contributed by atoms with Gasteiger partial charge in [-0.05, 0) is 92.3 Å². The van der Waals surface area contributed by atoms with Gasteiger partial charge < -0.3 is 20.1 Å². The maximum absolute atomic E-state index is 6.57. The Morgan fingerprint density at radius 3 is 2.93 bits per heavy atom. The lowest BCUT2D eigenvalue weighted by Gasteiger charge is -2.20. The number of hydrogen-bond donors (Lipinski definition) is 2. The first-order valence-corrected chi connectivity index (χ1v) is 14.5. The fourth-order valence-electron chi connectivity index (χ4n) is 5.73. The normalized spacial score (nSPS) is 19.7. The van der Waals surface area contributed by atoms with Gasteiger partial charge in [0.25, 0.3) is 0 Å². The molecule has 0 spiro atoms. The van der Waals surface area contributed by atoms with E-state index >= 15 is 0 Å². The fourth-order valence-corrected chi connectivity index (χ4v) is 5.73. The first-order chi connectivity index (χ1) is 20.5. The minimum Gasteiger partial charge on any atom is -0.492 e. The van der Waals surface area contributed by atoms with Gasteiger partial charge in [-0.15, -0.1) is 0 Å². The molecule has 2 aromatic rings. The monoisotopic (exact) mass is 559 g/mol. The Morgan fingerprint density at radius 2 is 2.05 bits per heavy atom. The van der Waals surface area contributed by atoms with E-state index in [1.54, 1.807) is 12.5 Å². The third-order valence-electron chi connectivity index (χ3n) is 8.02. The van der Waals surface area contributed by atoms with Crippen LogP contribution >= 0.6 is 0 Å². The zero-order chi connectivity index (χ0) is 29.1. The van der Waals surface area contributed by atoms with Gasteiger partial charge in [-0.2, -0.15) is 0 Å². The summed E-state index contributed by atoms with van der Waals surface area (Å²) in [6, 6.07) is 8.53. The van der Waals surface area contributed by atoms with Crippen molar-refractivity contribution in [2.75, 3.05) is 31.6 Å². The smallest absolute Gasteiger partial charge is 0.141 e. The average molecular weight is 560 g/mol. The molecule has 214 valence electrons. The maximum Gasteiger partial charge on any atom is 0.141 e. The second-order valence-corrected chi connectivity index (χ2v) is 11.1. The number of amidine groups is 1. The van der Waals surface area contributed by atoms with Crippen LogP contribution in [0.5, 0.6) is 11.5 Å². The summed E-state index contributed by atoms with van der Waals surface area (Å²) in [7, 11) is 0. The van der Waals surface area contributed by atoms with E-state index in [4.69, 9.17) is 14.5 Å². The summed E-state index contributed by atoms with van der Waals surface area (Å²) >= 11 is 0. The molecule has 0 aromatic heterocycles. The first-order valence-electron chi connectivity index (χ1n) is 14.5. The van der Waals surface area contributed by atoms with E-state index in [1.165, 1.54) is 11.1 Å². The average Bonchev–Trinajstić information content (AvgIpc) is 3.48. The van der Waals surface area contributed by atoms with Crippen LogP contribution in [0.2, 0.25) is 0 Å². The molecule has 0 saturated carbocycles. The molecule has 0 fully saturated rings. The van der Waals surface area contributed by atoms with E-state index in [0.717, 1.165) is 88.3 Å². The fraction of sp³-hybridized carbons (Fsp3) is 0.286. The number of aryl methyl sites for hydroxylation is 3. The molecular weight excluding hydrogens is 522 g/mol. The van der Waals surface area contributed by atoms with Gasteiger partial charge in [-0.25, -0.2) is 9.98 Å². The van der Waals surface area contributed by atoms with Crippen molar-refractivity contribution in [2.45, 2.75) is 33.6 Å². The van der Waals surface area contributed by atoms with Crippen LogP contribution in [0.4, 0.5) is 5.69 Å². The molecule has 3 heterocycles. The van der Waals surface area contributed by atoms with Crippen molar-refractivity contribution in [3.63, 3.8) is 0 Å². The van der Waals surface area contributed by atoms with E-state index in [-0.39, 0.29) is 0 Å². The molecule has 1 aliphatic carbocycles. The summed E-state index contributed by atoms with van der Waals surface area (Å²) in [6.07, 6.45) is 15.5. The highest BCUT2D eigenvalue weighted by atomic mass is 16.5. The molecule has 0 unspecified atom stereocenters. The maximum atomic E-state index is 6.57. The molecule has 0 saturated heterocycles. The minimum absolute atomic E-state index is 0.373. The Morgan fingerprint density at radius 1 is 1.14 bits per heavy atom.